The molecule has 0 saturated carbocycles. The van der Waals surface area contributed by atoms with E-state index in [0.717, 1.165) is 18.7 Å². The molecular formula is C14H19NO3. The third-order valence-corrected chi connectivity index (χ3v) is 2.82. The lowest BCUT2D eigenvalue weighted by molar-refractivity contribution is 0.0177. The summed E-state index contributed by atoms with van der Waals surface area (Å²) in [6, 6.07) is 5.65. The zero-order valence-electron chi connectivity index (χ0n) is 10.9. The first-order valence-corrected chi connectivity index (χ1v) is 6.32. The summed E-state index contributed by atoms with van der Waals surface area (Å²) in [5, 5.41) is 3.25. The molecule has 4 nitrogen and oxygen atoms in total. The van der Waals surface area contributed by atoms with Crippen molar-refractivity contribution in [1.82, 2.24) is 0 Å². The topological polar surface area (TPSA) is 47.6 Å². The maximum atomic E-state index is 11.8. The third kappa shape index (κ3) is 3.23. The van der Waals surface area contributed by atoms with E-state index in [9.17, 15) is 4.79 Å². The van der Waals surface area contributed by atoms with Gasteiger partial charge >= 0.3 is 5.97 Å². The van der Waals surface area contributed by atoms with Crippen molar-refractivity contribution in [3.63, 3.8) is 0 Å². The predicted molar refractivity (Wildman–Crippen MR) is 70.0 cm³/mol. The molecule has 0 bridgehead atoms. The molecule has 0 fully saturated rings. The number of rotatable bonds is 5. The van der Waals surface area contributed by atoms with Crippen LogP contribution in [-0.4, -0.2) is 31.8 Å². The quantitative estimate of drug-likeness (QED) is 0.642. The minimum atomic E-state index is -0.293. The van der Waals surface area contributed by atoms with Gasteiger partial charge in [-0.2, -0.15) is 0 Å². The summed E-state index contributed by atoms with van der Waals surface area (Å²) in [5.74, 6) is -0.293. The van der Waals surface area contributed by atoms with Crippen molar-refractivity contribution in [1.29, 1.82) is 0 Å². The number of carbonyl (C=O) groups is 1. The predicted octanol–water partition coefficient (Wildman–Crippen LogP) is 2.24. The van der Waals surface area contributed by atoms with Crippen LogP contribution in [0.4, 0.5) is 5.69 Å². The highest BCUT2D eigenvalue weighted by Gasteiger charge is 2.14. The van der Waals surface area contributed by atoms with E-state index in [0.29, 0.717) is 18.8 Å². The lowest BCUT2D eigenvalue weighted by atomic mass is 10.1. The van der Waals surface area contributed by atoms with E-state index in [-0.39, 0.29) is 12.1 Å². The third-order valence-electron chi connectivity index (χ3n) is 2.82. The number of hydrogen-bond donors (Lipinski definition) is 1. The normalized spacial score (nSPS) is 13.3. The maximum absolute atomic E-state index is 11.8. The number of fused-ring (bicyclic) bond motifs is 1. The second-order valence-corrected chi connectivity index (χ2v) is 4.60. The van der Waals surface area contributed by atoms with Crippen molar-refractivity contribution in [2.45, 2.75) is 26.4 Å². The van der Waals surface area contributed by atoms with Gasteiger partial charge in [0.05, 0.1) is 18.3 Å². The highest BCUT2D eigenvalue weighted by molar-refractivity contribution is 5.91. The van der Waals surface area contributed by atoms with Gasteiger partial charge in [0.2, 0.25) is 0 Å². The van der Waals surface area contributed by atoms with Crippen molar-refractivity contribution in [3.8, 4) is 0 Å². The molecule has 0 amide bonds. The van der Waals surface area contributed by atoms with E-state index in [1.165, 1.54) is 5.56 Å². The highest BCUT2D eigenvalue weighted by Crippen LogP contribution is 2.23. The largest absolute Gasteiger partial charge is 0.460 e. The molecule has 1 aromatic carbocycles. The molecule has 0 aliphatic carbocycles. The first-order chi connectivity index (χ1) is 8.66. The molecule has 1 aromatic rings. The summed E-state index contributed by atoms with van der Waals surface area (Å²) < 4.78 is 10.5. The SMILES string of the molecule is CC(C)OCCOC(=O)c1ccc2c(c1)NCC2. The van der Waals surface area contributed by atoms with E-state index in [1.54, 1.807) is 0 Å². The molecular weight excluding hydrogens is 230 g/mol. The fourth-order valence-corrected chi connectivity index (χ4v) is 1.92. The zero-order valence-corrected chi connectivity index (χ0v) is 10.9. The Labute approximate surface area is 107 Å². The minimum absolute atomic E-state index is 0.160. The molecule has 2 rings (SSSR count). The average Bonchev–Trinajstić information content (AvgIpc) is 2.81. The molecule has 0 saturated heterocycles. The van der Waals surface area contributed by atoms with E-state index >= 15 is 0 Å². The highest BCUT2D eigenvalue weighted by atomic mass is 16.6. The Hall–Kier alpha value is -1.55. The standard InChI is InChI=1S/C14H19NO3/c1-10(2)17-7-8-18-14(16)12-4-3-11-5-6-15-13(11)9-12/h3-4,9-10,15H,5-8H2,1-2H3. The summed E-state index contributed by atoms with van der Waals surface area (Å²) in [7, 11) is 0. The number of benzene rings is 1. The summed E-state index contributed by atoms with van der Waals surface area (Å²) in [6.07, 6.45) is 1.18. The number of hydrogen-bond acceptors (Lipinski definition) is 4. The van der Waals surface area contributed by atoms with Gasteiger partial charge in [-0.25, -0.2) is 4.79 Å². The molecule has 0 aromatic heterocycles. The molecule has 0 radical (unpaired) electrons. The van der Waals surface area contributed by atoms with Crippen molar-refractivity contribution in [3.05, 3.63) is 29.3 Å². The number of nitrogens with one attached hydrogen (secondary N) is 1. The van der Waals surface area contributed by atoms with Gasteiger partial charge in [-0.15, -0.1) is 0 Å². The van der Waals surface area contributed by atoms with Crippen molar-refractivity contribution < 1.29 is 14.3 Å². The van der Waals surface area contributed by atoms with Gasteiger partial charge < -0.3 is 14.8 Å². The van der Waals surface area contributed by atoms with Crippen LogP contribution >= 0.6 is 0 Å². The van der Waals surface area contributed by atoms with Gasteiger partial charge in [0.1, 0.15) is 6.61 Å². The number of ether oxygens (including phenoxy) is 2. The van der Waals surface area contributed by atoms with Crippen LogP contribution in [-0.2, 0) is 15.9 Å². The lowest BCUT2D eigenvalue weighted by Gasteiger charge is -2.09. The second kappa shape index (κ2) is 5.87. The lowest BCUT2D eigenvalue weighted by Crippen LogP contribution is -2.13. The monoisotopic (exact) mass is 249 g/mol. The van der Waals surface area contributed by atoms with Gasteiger partial charge in [0.15, 0.2) is 0 Å². The van der Waals surface area contributed by atoms with Crippen molar-refractivity contribution in [2.75, 3.05) is 25.1 Å². The van der Waals surface area contributed by atoms with Crippen LogP contribution in [0.3, 0.4) is 0 Å². The Kier molecular flexibility index (Phi) is 4.20. The van der Waals surface area contributed by atoms with Crippen LogP contribution in [0.5, 0.6) is 0 Å². The van der Waals surface area contributed by atoms with Crippen molar-refractivity contribution in [2.24, 2.45) is 0 Å². The molecule has 4 heteroatoms. The molecule has 1 N–H and O–H groups in total. The second-order valence-electron chi connectivity index (χ2n) is 4.60. The van der Waals surface area contributed by atoms with E-state index in [4.69, 9.17) is 9.47 Å². The average molecular weight is 249 g/mol. The van der Waals surface area contributed by atoms with Gasteiger partial charge in [-0.3, -0.25) is 0 Å². The van der Waals surface area contributed by atoms with Crippen LogP contribution in [0.25, 0.3) is 0 Å². The number of esters is 1. The maximum Gasteiger partial charge on any atom is 0.338 e. The Morgan fingerprint density at radius 2 is 2.22 bits per heavy atom. The van der Waals surface area contributed by atoms with Crippen LogP contribution in [0, 0.1) is 0 Å². The molecule has 1 aliphatic rings. The minimum Gasteiger partial charge on any atom is -0.460 e. The molecule has 0 atom stereocenters. The van der Waals surface area contributed by atoms with Gasteiger partial charge in [-0.05, 0) is 38.0 Å². The number of carbonyl (C=O) groups excluding carboxylic acids is 1. The number of anilines is 1. The fourth-order valence-electron chi connectivity index (χ4n) is 1.92. The van der Waals surface area contributed by atoms with Crippen molar-refractivity contribution >= 4 is 11.7 Å². The Bertz CT molecular complexity index is 429. The Balaban J connectivity index is 1.85. The van der Waals surface area contributed by atoms with Crippen LogP contribution in [0.1, 0.15) is 29.8 Å². The Morgan fingerprint density at radius 3 is 3.00 bits per heavy atom. The van der Waals surface area contributed by atoms with Crippen LogP contribution in [0.15, 0.2) is 18.2 Å². The zero-order chi connectivity index (χ0) is 13.0. The Morgan fingerprint density at radius 1 is 1.39 bits per heavy atom. The summed E-state index contributed by atoms with van der Waals surface area (Å²) >= 11 is 0. The van der Waals surface area contributed by atoms with Crippen LogP contribution in [0.2, 0.25) is 0 Å². The first-order valence-electron chi connectivity index (χ1n) is 6.32. The summed E-state index contributed by atoms with van der Waals surface area (Å²) in [5.41, 5.74) is 2.89. The van der Waals surface area contributed by atoms with Gasteiger partial charge in [0, 0.05) is 12.2 Å². The molecule has 1 aliphatic heterocycles. The van der Waals surface area contributed by atoms with Gasteiger partial charge in [0.25, 0.3) is 0 Å². The molecule has 18 heavy (non-hydrogen) atoms. The molecule has 1 heterocycles. The molecule has 98 valence electrons. The van der Waals surface area contributed by atoms with E-state index in [2.05, 4.69) is 5.32 Å². The van der Waals surface area contributed by atoms with E-state index in [1.807, 2.05) is 32.0 Å². The smallest absolute Gasteiger partial charge is 0.338 e. The molecule has 0 unspecified atom stereocenters. The van der Waals surface area contributed by atoms with Crippen LogP contribution < -0.4 is 5.32 Å². The summed E-state index contributed by atoms with van der Waals surface area (Å²) in [6.45, 7) is 5.58. The fraction of sp³-hybridized carbons (Fsp3) is 0.500. The molecule has 0 spiro atoms. The first kappa shape index (κ1) is 12.9. The summed E-state index contributed by atoms with van der Waals surface area (Å²) in [4.78, 5) is 11.8. The van der Waals surface area contributed by atoms with Gasteiger partial charge in [-0.1, -0.05) is 6.07 Å². The van der Waals surface area contributed by atoms with E-state index < -0.39 is 0 Å².